The molecule has 26 heavy (non-hydrogen) atoms. The summed E-state index contributed by atoms with van der Waals surface area (Å²) < 4.78 is 1.07. The number of fused-ring (bicyclic) bond motifs is 1. The molecule has 1 aliphatic rings. The first-order valence-corrected chi connectivity index (χ1v) is 10.5. The minimum atomic E-state index is 0.142. The van der Waals surface area contributed by atoms with E-state index in [0.717, 1.165) is 51.2 Å². The number of carbonyl (C=O) groups excluding carboxylic acids is 1. The van der Waals surface area contributed by atoms with Crippen molar-refractivity contribution >= 4 is 48.9 Å². The van der Waals surface area contributed by atoms with Crippen LogP contribution in [0.4, 0.5) is 10.8 Å². The van der Waals surface area contributed by atoms with Crippen molar-refractivity contribution < 1.29 is 4.79 Å². The molecule has 0 atom stereocenters. The number of rotatable bonds is 4. The zero-order valence-corrected chi connectivity index (χ0v) is 16.5. The summed E-state index contributed by atoms with van der Waals surface area (Å²) in [5.41, 5.74) is 2.25. The normalized spacial score (nSPS) is 15.5. The van der Waals surface area contributed by atoms with E-state index in [1.165, 1.54) is 16.9 Å². The highest BCUT2D eigenvalue weighted by atomic mass is 32.1. The highest BCUT2D eigenvalue weighted by Gasteiger charge is 2.24. The molecule has 7 heteroatoms. The van der Waals surface area contributed by atoms with E-state index in [4.69, 9.17) is 0 Å². The van der Waals surface area contributed by atoms with Crippen LogP contribution in [0.1, 0.15) is 28.1 Å². The van der Waals surface area contributed by atoms with E-state index in [2.05, 4.69) is 34.7 Å². The molecule has 0 saturated carbocycles. The van der Waals surface area contributed by atoms with Gasteiger partial charge in [0, 0.05) is 24.8 Å². The van der Waals surface area contributed by atoms with Crippen LogP contribution in [0, 0.1) is 6.92 Å². The van der Waals surface area contributed by atoms with E-state index < -0.39 is 0 Å². The summed E-state index contributed by atoms with van der Waals surface area (Å²) in [5.74, 6) is 0.142. The minimum Gasteiger partial charge on any atom is -0.338 e. The number of piperidine rings is 1. The van der Waals surface area contributed by atoms with Crippen molar-refractivity contribution in [3.63, 3.8) is 0 Å². The molecule has 1 amide bonds. The van der Waals surface area contributed by atoms with E-state index in [1.807, 2.05) is 30.1 Å². The van der Waals surface area contributed by atoms with Crippen LogP contribution in [-0.2, 0) is 0 Å². The average molecular weight is 387 g/mol. The second kappa shape index (κ2) is 7.34. The van der Waals surface area contributed by atoms with Crippen molar-refractivity contribution in [2.75, 3.05) is 25.5 Å². The Hall–Kier alpha value is -1.96. The van der Waals surface area contributed by atoms with E-state index in [0.29, 0.717) is 6.04 Å². The van der Waals surface area contributed by atoms with Gasteiger partial charge in [0.2, 0.25) is 0 Å². The van der Waals surface area contributed by atoms with Crippen LogP contribution in [0.5, 0.6) is 0 Å². The predicted octanol–water partition coefficient (Wildman–Crippen LogP) is 4.23. The van der Waals surface area contributed by atoms with Crippen LogP contribution in [0.25, 0.3) is 9.53 Å². The summed E-state index contributed by atoms with van der Waals surface area (Å²) in [6.07, 6.45) is 2.04. The number of hydrogen-bond donors (Lipinski definition) is 2. The first-order chi connectivity index (χ1) is 12.6. The number of nitrogens with one attached hydrogen (secondary N) is 2. The van der Waals surface area contributed by atoms with Crippen LogP contribution in [0.3, 0.4) is 0 Å². The number of likely N-dealkylation sites (tertiary alicyclic amines) is 1. The molecule has 0 spiro atoms. The van der Waals surface area contributed by atoms with E-state index in [1.54, 1.807) is 11.3 Å². The number of amides is 1. The SMILES string of the molecule is CNC1CCN(C(=O)c2cc3sc(Nc4ccccc4C)nc3s2)CC1. The molecule has 4 rings (SSSR count). The number of nitrogens with zero attached hydrogens (tertiary/aromatic N) is 2. The Morgan fingerprint density at radius 2 is 2.00 bits per heavy atom. The highest BCUT2D eigenvalue weighted by molar-refractivity contribution is 7.29. The number of anilines is 2. The zero-order chi connectivity index (χ0) is 18.1. The third-order valence-electron chi connectivity index (χ3n) is 4.88. The summed E-state index contributed by atoms with van der Waals surface area (Å²) >= 11 is 3.09. The Morgan fingerprint density at radius 3 is 2.69 bits per heavy atom. The largest absolute Gasteiger partial charge is 0.338 e. The zero-order valence-electron chi connectivity index (χ0n) is 14.9. The second-order valence-electron chi connectivity index (χ2n) is 6.59. The van der Waals surface area contributed by atoms with Crippen molar-refractivity contribution in [2.45, 2.75) is 25.8 Å². The quantitative estimate of drug-likeness (QED) is 0.704. The summed E-state index contributed by atoms with van der Waals surface area (Å²) in [6, 6.07) is 10.7. The monoisotopic (exact) mass is 386 g/mol. The molecule has 2 aromatic heterocycles. The molecule has 3 heterocycles. The summed E-state index contributed by atoms with van der Waals surface area (Å²) in [4.78, 5) is 21.1. The van der Waals surface area contributed by atoms with Crippen LogP contribution in [0.15, 0.2) is 30.3 Å². The molecule has 0 radical (unpaired) electrons. The lowest BCUT2D eigenvalue weighted by Crippen LogP contribution is -2.43. The van der Waals surface area contributed by atoms with Crippen LogP contribution < -0.4 is 10.6 Å². The fourth-order valence-corrected chi connectivity index (χ4v) is 5.35. The van der Waals surface area contributed by atoms with Gasteiger partial charge in [0.1, 0.15) is 4.83 Å². The van der Waals surface area contributed by atoms with E-state index >= 15 is 0 Å². The molecule has 1 saturated heterocycles. The predicted molar refractivity (Wildman–Crippen MR) is 110 cm³/mol. The van der Waals surface area contributed by atoms with E-state index in [9.17, 15) is 4.79 Å². The van der Waals surface area contributed by atoms with Gasteiger partial charge in [-0.25, -0.2) is 4.98 Å². The molecule has 2 N–H and O–H groups in total. The number of aromatic nitrogens is 1. The first-order valence-electron chi connectivity index (χ1n) is 8.83. The van der Waals surface area contributed by atoms with Gasteiger partial charge in [-0.1, -0.05) is 29.5 Å². The highest BCUT2D eigenvalue weighted by Crippen LogP contribution is 2.35. The van der Waals surface area contributed by atoms with Gasteiger partial charge in [0.05, 0.1) is 9.58 Å². The maximum Gasteiger partial charge on any atom is 0.264 e. The molecular weight excluding hydrogens is 364 g/mol. The van der Waals surface area contributed by atoms with Crippen LogP contribution in [-0.4, -0.2) is 42.0 Å². The Balaban J connectivity index is 1.48. The van der Waals surface area contributed by atoms with Gasteiger partial charge in [0.15, 0.2) is 5.13 Å². The molecule has 1 aliphatic heterocycles. The Labute approximate surface area is 161 Å². The van der Waals surface area contributed by atoms with E-state index in [-0.39, 0.29) is 5.91 Å². The number of hydrogen-bond acceptors (Lipinski definition) is 6. The van der Waals surface area contributed by atoms with Gasteiger partial charge in [-0.05, 0) is 44.5 Å². The Morgan fingerprint density at radius 1 is 1.23 bits per heavy atom. The van der Waals surface area contributed by atoms with Gasteiger partial charge in [-0.2, -0.15) is 0 Å². The summed E-state index contributed by atoms with van der Waals surface area (Å²) in [6.45, 7) is 3.72. The Kier molecular flexibility index (Phi) is 4.93. The maximum absolute atomic E-state index is 12.8. The molecule has 0 aliphatic carbocycles. The number of thiophene rings is 1. The van der Waals surface area contributed by atoms with Crippen molar-refractivity contribution in [1.29, 1.82) is 0 Å². The van der Waals surface area contributed by atoms with Gasteiger partial charge in [-0.15, -0.1) is 11.3 Å². The topological polar surface area (TPSA) is 57.3 Å². The lowest BCUT2D eigenvalue weighted by molar-refractivity contribution is 0.0712. The Bertz CT molecular complexity index is 893. The molecule has 3 aromatic rings. The van der Waals surface area contributed by atoms with Gasteiger partial charge >= 0.3 is 0 Å². The molecule has 0 unspecified atom stereocenters. The molecule has 5 nitrogen and oxygen atoms in total. The van der Waals surface area contributed by atoms with Crippen LogP contribution in [0.2, 0.25) is 0 Å². The second-order valence-corrected chi connectivity index (χ2v) is 8.66. The molecule has 136 valence electrons. The van der Waals surface area contributed by atoms with Crippen molar-refractivity contribution in [3.05, 3.63) is 40.8 Å². The van der Waals surface area contributed by atoms with Crippen molar-refractivity contribution in [3.8, 4) is 0 Å². The summed E-state index contributed by atoms with van der Waals surface area (Å²) in [5, 5.41) is 7.55. The standard InChI is InChI=1S/C19H22N4OS2/c1-12-5-3-4-6-14(12)21-19-22-17-15(26-19)11-16(25-17)18(24)23-9-7-13(20-2)8-10-23/h3-6,11,13,20H,7-10H2,1-2H3,(H,21,22). The lowest BCUT2D eigenvalue weighted by Gasteiger charge is -2.31. The van der Waals surface area contributed by atoms with Crippen molar-refractivity contribution in [2.24, 2.45) is 0 Å². The lowest BCUT2D eigenvalue weighted by atomic mass is 10.1. The average Bonchev–Trinajstić information content (AvgIpc) is 3.22. The number of carbonyl (C=O) groups is 1. The number of thiazole rings is 1. The molecular formula is C19H22N4OS2. The first kappa shape index (κ1) is 17.5. The third-order valence-corrected chi connectivity index (χ3v) is 6.94. The smallest absolute Gasteiger partial charge is 0.264 e. The van der Waals surface area contributed by atoms with Gasteiger partial charge in [0.25, 0.3) is 5.91 Å². The molecule has 0 bridgehead atoms. The number of aryl methyl sites for hydroxylation is 1. The van der Waals surface area contributed by atoms with Gasteiger partial charge in [-0.3, -0.25) is 4.79 Å². The van der Waals surface area contributed by atoms with Crippen LogP contribution >= 0.6 is 22.7 Å². The van der Waals surface area contributed by atoms with Gasteiger partial charge < -0.3 is 15.5 Å². The van der Waals surface area contributed by atoms with Crippen molar-refractivity contribution in [1.82, 2.24) is 15.2 Å². The maximum atomic E-state index is 12.8. The molecule has 1 aromatic carbocycles. The molecule has 1 fully saturated rings. The number of benzene rings is 1. The summed E-state index contributed by atoms with van der Waals surface area (Å²) in [7, 11) is 1.99. The fraction of sp³-hybridized carbons (Fsp3) is 0.368. The fourth-order valence-electron chi connectivity index (χ4n) is 3.25. The minimum absolute atomic E-state index is 0.142. The number of para-hydroxylation sites is 1. The third kappa shape index (κ3) is 3.47.